The Labute approximate surface area is 155 Å². The van der Waals surface area contributed by atoms with Gasteiger partial charge in [-0.15, -0.1) is 0 Å². The minimum atomic E-state index is 1.16. The largest absolute Gasteiger partial charge is 0.344 e. The van der Waals surface area contributed by atoms with E-state index in [0.717, 1.165) is 5.56 Å². The monoisotopic (exact) mass is 337 g/mol. The average Bonchev–Trinajstić information content (AvgIpc) is 2.70. The summed E-state index contributed by atoms with van der Waals surface area (Å²) in [7, 11) is 2.11. The first kappa shape index (κ1) is 17.5. The molecule has 0 unspecified atom stereocenters. The summed E-state index contributed by atoms with van der Waals surface area (Å²) < 4.78 is 0. The molecule has 3 rings (SSSR count). The Balaban J connectivity index is 2.22. The van der Waals surface area contributed by atoms with Crippen LogP contribution in [0.4, 0.5) is 11.4 Å². The molecular weight excluding hydrogens is 314 g/mol. The summed E-state index contributed by atoms with van der Waals surface area (Å²) >= 11 is 0. The highest BCUT2D eigenvalue weighted by molar-refractivity contribution is 6.02. The quantitative estimate of drug-likeness (QED) is 0.437. The Morgan fingerprint density at radius 1 is 0.731 bits per heavy atom. The summed E-state index contributed by atoms with van der Waals surface area (Å²) in [6.45, 7) is 7.58. The van der Waals surface area contributed by atoms with E-state index in [9.17, 15) is 0 Å². The third-order valence-corrected chi connectivity index (χ3v) is 4.43. The van der Waals surface area contributed by atoms with Crippen molar-refractivity contribution in [1.82, 2.24) is 0 Å². The minimum Gasteiger partial charge on any atom is -0.344 e. The van der Waals surface area contributed by atoms with Gasteiger partial charge in [-0.05, 0) is 34.7 Å². The molecule has 1 heteroatoms. The molecule has 0 radical (unpaired) electrons. The van der Waals surface area contributed by atoms with Crippen LogP contribution in [0.15, 0.2) is 98.1 Å². The number of hydrogen-bond acceptors (Lipinski definition) is 1. The maximum absolute atomic E-state index is 3.80. The predicted molar refractivity (Wildman–Crippen MR) is 117 cm³/mol. The molecule has 128 valence electrons. The van der Waals surface area contributed by atoms with Crippen LogP contribution in [0, 0.1) is 0 Å². The number of nitrogens with zero attached hydrogens (tertiary/aromatic N) is 1. The molecule has 0 N–H and O–H groups in total. The van der Waals surface area contributed by atoms with Crippen LogP contribution >= 0.6 is 0 Å². The van der Waals surface area contributed by atoms with Crippen molar-refractivity contribution in [3.05, 3.63) is 109 Å². The van der Waals surface area contributed by atoms with Crippen LogP contribution in [0.3, 0.4) is 0 Å². The normalized spacial score (nSPS) is 11.3. The van der Waals surface area contributed by atoms with E-state index in [1.54, 1.807) is 12.2 Å². The summed E-state index contributed by atoms with van der Waals surface area (Å²) in [6, 6.07) is 21.2. The number of fused-ring (bicyclic) bond motifs is 1. The summed E-state index contributed by atoms with van der Waals surface area (Å²) in [4.78, 5) is 2.22. The third-order valence-electron chi connectivity index (χ3n) is 4.43. The van der Waals surface area contributed by atoms with Gasteiger partial charge in [-0.25, -0.2) is 0 Å². The zero-order valence-corrected chi connectivity index (χ0v) is 15.1. The van der Waals surface area contributed by atoms with E-state index in [1.807, 2.05) is 18.2 Å². The number of allylic oxidation sites excluding steroid dienone is 4. The summed E-state index contributed by atoms with van der Waals surface area (Å²) in [5.74, 6) is 0. The molecule has 0 bridgehead atoms. The SMILES string of the molecule is C=C/C=C\c1ccc2c(N(C)c3ccccc3)cccc2c1/C=C\C=C. The number of hydrogen-bond donors (Lipinski definition) is 0. The zero-order chi connectivity index (χ0) is 18.4. The van der Waals surface area contributed by atoms with Crippen LogP contribution in [-0.2, 0) is 0 Å². The lowest BCUT2D eigenvalue weighted by atomic mass is 9.96. The van der Waals surface area contributed by atoms with Crippen molar-refractivity contribution in [3.8, 4) is 0 Å². The standard InChI is InChI=1S/C25H23N/c1-4-6-12-20-18-19-24-23(22(20)15-7-5-2)16-11-17-25(24)26(3)21-13-9-8-10-14-21/h4-19H,1-2H2,3H3/b12-6-,15-7-. The van der Waals surface area contributed by atoms with Crippen molar-refractivity contribution < 1.29 is 0 Å². The second-order valence-corrected chi connectivity index (χ2v) is 6.02. The molecule has 0 saturated carbocycles. The number of anilines is 2. The highest BCUT2D eigenvalue weighted by Crippen LogP contribution is 2.34. The molecule has 3 aromatic carbocycles. The maximum Gasteiger partial charge on any atom is 0.0488 e. The zero-order valence-electron chi connectivity index (χ0n) is 15.1. The van der Waals surface area contributed by atoms with Gasteiger partial charge in [0.05, 0.1) is 0 Å². The van der Waals surface area contributed by atoms with Crippen LogP contribution in [0.25, 0.3) is 22.9 Å². The lowest BCUT2D eigenvalue weighted by Crippen LogP contribution is -2.09. The van der Waals surface area contributed by atoms with Crippen molar-refractivity contribution in [1.29, 1.82) is 0 Å². The molecule has 1 nitrogen and oxygen atoms in total. The van der Waals surface area contributed by atoms with Crippen molar-refractivity contribution >= 4 is 34.3 Å². The second kappa shape index (κ2) is 8.17. The molecule has 0 aliphatic heterocycles. The Morgan fingerprint density at radius 3 is 2.19 bits per heavy atom. The van der Waals surface area contributed by atoms with E-state index in [1.165, 1.54) is 27.7 Å². The van der Waals surface area contributed by atoms with E-state index in [0.29, 0.717) is 0 Å². The second-order valence-electron chi connectivity index (χ2n) is 6.02. The van der Waals surface area contributed by atoms with Crippen LogP contribution in [0.1, 0.15) is 11.1 Å². The van der Waals surface area contributed by atoms with Gasteiger partial charge < -0.3 is 4.90 Å². The summed E-state index contributed by atoms with van der Waals surface area (Å²) in [5.41, 5.74) is 4.69. The number of rotatable bonds is 6. The van der Waals surface area contributed by atoms with Gasteiger partial charge in [0.1, 0.15) is 0 Å². The van der Waals surface area contributed by atoms with Gasteiger partial charge in [-0.3, -0.25) is 0 Å². The molecule has 0 amide bonds. The summed E-state index contributed by atoms with van der Waals surface area (Å²) in [5, 5.41) is 2.44. The highest BCUT2D eigenvalue weighted by Gasteiger charge is 2.11. The third kappa shape index (κ3) is 3.52. The Hall–Kier alpha value is -3.32. The fourth-order valence-electron chi connectivity index (χ4n) is 3.13. The Bertz CT molecular complexity index is 978. The number of benzene rings is 3. The van der Waals surface area contributed by atoms with Gasteiger partial charge in [-0.2, -0.15) is 0 Å². The van der Waals surface area contributed by atoms with Gasteiger partial charge in [0, 0.05) is 23.8 Å². The van der Waals surface area contributed by atoms with Crippen molar-refractivity contribution in [2.24, 2.45) is 0 Å². The number of para-hydroxylation sites is 1. The fraction of sp³-hybridized carbons (Fsp3) is 0.0400. The maximum atomic E-state index is 3.80. The van der Waals surface area contributed by atoms with Gasteiger partial charge in [-0.1, -0.05) is 92.1 Å². The van der Waals surface area contributed by atoms with E-state index >= 15 is 0 Å². The lowest BCUT2D eigenvalue weighted by Gasteiger charge is -2.22. The van der Waals surface area contributed by atoms with Gasteiger partial charge in [0.15, 0.2) is 0 Å². The van der Waals surface area contributed by atoms with E-state index in [-0.39, 0.29) is 0 Å². The first-order chi connectivity index (χ1) is 12.8. The molecule has 26 heavy (non-hydrogen) atoms. The molecular formula is C25H23N. The smallest absolute Gasteiger partial charge is 0.0488 e. The molecule has 0 aliphatic carbocycles. The van der Waals surface area contributed by atoms with Gasteiger partial charge in [0.25, 0.3) is 0 Å². The molecule has 0 spiro atoms. The van der Waals surface area contributed by atoms with E-state index < -0.39 is 0 Å². The molecule has 0 aromatic heterocycles. The topological polar surface area (TPSA) is 3.24 Å². The van der Waals surface area contributed by atoms with E-state index in [4.69, 9.17) is 0 Å². The molecule has 0 aliphatic rings. The van der Waals surface area contributed by atoms with Crippen LogP contribution in [-0.4, -0.2) is 7.05 Å². The molecule has 0 fully saturated rings. The summed E-state index contributed by atoms with van der Waals surface area (Å²) in [6.07, 6.45) is 11.7. The Kier molecular flexibility index (Phi) is 5.50. The Morgan fingerprint density at radius 2 is 1.46 bits per heavy atom. The van der Waals surface area contributed by atoms with Crippen molar-refractivity contribution in [3.63, 3.8) is 0 Å². The van der Waals surface area contributed by atoms with E-state index in [2.05, 4.69) is 91.9 Å². The van der Waals surface area contributed by atoms with Crippen molar-refractivity contribution in [2.75, 3.05) is 11.9 Å². The molecule has 3 aromatic rings. The first-order valence-electron chi connectivity index (χ1n) is 8.69. The van der Waals surface area contributed by atoms with Crippen molar-refractivity contribution in [2.45, 2.75) is 0 Å². The molecule has 0 heterocycles. The lowest BCUT2D eigenvalue weighted by molar-refractivity contribution is 1.22. The predicted octanol–water partition coefficient (Wildman–Crippen LogP) is 7.01. The minimum absolute atomic E-state index is 1.16. The average molecular weight is 337 g/mol. The van der Waals surface area contributed by atoms with Crippen LogP contribution < -0.4 is 4.90 Å². The van der Waals surface area contributed by atoms with Crippen LogP contribution in [0.2, 0.25) is 0 Å². The van der Waals surface area contributed by atoms with Gasteiger partial charge >= 0.3 is 0 Å². The highest BCUT2D eigenvalue weighted by atomic mass is 15.1. The fourth-order valence-corrected chi connectivity index (χ4v) is 3.13. The molecule has 0 atom stereocenters. The first-order valence-corrected chi connectivity index (χ1v) is 8.69. The van der Waals surface area contributed by atoms with Gasteiger partial charge in [0.2, 0.25) is 0 Å². The van der Waals surface area contributed by atoms with Crippen LogP contribution in [0.5, 0.6) is 0 Å². The molecule has 0 saturated heterocycles.